The number of hydrogen-bond donors (Lipinski definition) is 2. The summed E-state index contributed by atoms with van der Waals surface area (Å²) in [5.74, 6) is -0.732. The molecule has 0 atom stereocenters. The molecule has 0 aliphatic heterocycles. The normalized spacial score (nSPS) is 10.4. The number of nitrogen functional groups attached to an aromatic ring is 1. The molecule has 94 valence electrons. The Balaban J connectivity index is 2.21. The minimum atomic E-state index is -0.417. The number of carbonyl (C=O) groups excluding carboxylic acids is 1. The van der Waals surface area contributed by atoms with Gasteiger partial charge in [-0.15, -0.1) is 0 Å². The molecule has 0 unspecified atom stereocenters. The number of aromatic nitrogens is 2. The number of carbonyl (C=O) groups is 1. The summed E-state index contributed by atoms with van der Waals surface area (Å²) in [6.45, 7) is 1.63. The molecule has 1 amide bonds. The minimum absolute atomic E-state index is 0.152. The van der Waals surface area contributed by atoms with Crippen molar-refractivity contribution < 1.29 is 9.18 Å². The van der Waals surface area contributed by atoms with Gasteiger partial charge in [0.05, 0.1) is 5.69 Å². The lowest BCUT2D eigenvalue weighted by Gasteiger charge is -2.05. The third-order valence-electron chi connectivity index (χ3n) is 2.49. The molecule has 18 heavy (non-hydrogen) atoms. The largest absolute Gasteiger partial charge is 0.396 e. The van der Waals surface area contributed by atoms with E-state index >= 15 is 0 Å². The lowest BCUT2D eigenvalue weighted by atomic mass is 10.2. The molecule has 0 fully saturated rings. The number of amides is 1. The summed E-state index contributed by atoms with van der Waals surface area (Å²) in [6.07, 6.45) is 1.55. The van der Waals surface area contributed by atoms with Crippen molar-refractivity contribution in [3.63, 3.8) is 0 Å². The van der Waals surface area contributed by atoms with Crippen molar-refractivity contribution in [2.75, 3.05) is 11.1 Å². The number of aryl methyl sites for hydroxylation is 2. The van der Waals surface area contributed by atoms with Crippen molar-refractivity contribution in [1.82, 2.24) is 9.78 Å². The van der Waals surface area contributed by atoms with Crippen LogP contribution in [0.15, 0.2) is 24.4 Å². The van der Waals surface area contributed by atoms with E-state index in [2.05, 4.69) is 10.4 Å². The summed E-state index contributed by atoms with van der Waals surface area (Å²) in [4.78, 5) is 11.9. The summed E-state index contributed by atoms with van der Waals surface area (Å²) in [7, 11) is 1.68. The van der Waals surface area contributed by atoms with Crippen molar-refractivity contribution >= 4 is 17.3 Å². The van der Waals surface area contributed by atoms with Gasteiger partial charge in [-0.3, -0.25) is 9.48 Å². The quantitative estimate of drug-likeness (QED) is 0.849. The SMILES string of the molecule is Cc1cc(NC(=O)c2nn(C)cc2N)ccc1F. The van der Waals surface area contributed by atoms with E-state index in [9.17, 15) is 9.18 Å². The molecule has 5 nitrogen and oxygen atoms in total. The maximum atomic E-state index is 13.1. The molecule has 0 radical (unpaired) electrons. The molecule has 0 saturated heterocycles. The van der Waals surface area contributed by atoms with Crippen LogP contribution in [-0.2, 0) is 7.05 Å². The number of halogens is 1. The molecule has 3 N–H and O–H groups in total. The Morgan fingerprint density at radius 2 is 2.22 bits per heavy atom. The number of benzene rings is 1. The number of rotatable bonds is 2. The lowest BCUT2D eigenvalue weighted by Crippen LogP contribution is -2.14. The molecule has 0 bridgehead atoms. The number of nitrogens with zero attached hydrogens (tertiary/aromatic N) is 2. The van der Waals surface area contributed by atoms with Crippen LogP contribution >= 0.6 is 0 Å². The molecule has 0 spiro atoms. The van der Waals surface area contributed by atoms with E-state index in [1.807, 2.05) is 0 Å². The predicted molar refractivity (Wildman–Crippen MR) is 66.7 cm³/mol. The van der Waals surface area contributed by atoms with Crippen molar-refractivity contribution in [3.8, 4) is 0 Å². The van der Waals surface area contributed by atoms with Crippen molar-refractivity contribution in [3.05, 3.63) is 41.5 Å². The highest BCUT2D eigenvalue weighted by Crippen LogP contribution is 2.16. The average Bonchev–Trinajstić information content (AvgIpc) is 2.63. The van der Waals surface area contributed by atoms with Crippen LogP contribution in [0.2, 0.25) is 0 Å². The van der Waals surface area contributed by atoms with E-state index in [-0.39, 0.29) is 11.5 Å². The smallest absolute Gasteiger partial charge is 0.278 e. The van der Waals surface area contributed by atoms with E-state index in [1.165, 1.54) is 16.8 Å². The first kappa shape index (κ1) is 12.1. The van der Waals surface area contributed by atoms with Crippen LogP contribution in [-0.4, -0.2) is 15.7 Å². The van der Waals surface area contributed by atoms with Gasteiger partial charge in [-0.1, -0.05) is 0 Å². The molecule has 2 rings (SSSR count). The monoisotopic (exact) mass is 248 g/mol. The molecule has 0 aliphatic carbocycles. The van der Waals surface area contributed by atoms with Crippen LogP contribution in [0.5, 0.6) is 0 Å². The fourth-order valence-corrected chi connectivity index (χ4v) is 1.60. The van der Waals surface area contributed by atoms with E-state index in [4.69, 9.17) is 5.73 Å². The van der Waals surface area contributed by atoms with Crippen LogP contribution < -0.4 is 11.1 Å². The van der Waals surface area contributed by atoms with Gasteiger partial charge in [-0.2, -0.15) is 5.10 Å². The lowest BCUT2D eigenvalue weighted by molar-refractivity contribution is 0.102. The van der Waals surface area contributed by atoms with Gasteiger partial charge in [-0.25, -0.2) is 4.39 Å². The zero-order chi connectivity index (χ0) is 13.3. The van der Waals surface area contributed by atoms with Crippen molar-refractivity contribution in [2.24, 2.45) is 7.05 Å². The summed E-state index contributed by atoms with van der Waals surface area (Å²) in [5, 5.41) is 6.57. The van der Waals surface area contributed by atoms with Gasteiger partial charge in [0.1, 0.15) is 5.82 Å². The van der Waals surface area contributed by atoms with E-state index in [0.717, 1.165) is 0 Å². The second-order valence-electron chi connectivity index (χ2n) is 4.02. The maximum absolute atomic E-state index is 13.1. The molecule has 0 aliphatic rings. The average molecular weight is 248 g/mol. The summed E-state index contributed by atoms with van der Waals surface area (Å²) >= 11 is 0. The van der Waals surface area contributed by atoms with Gasteiger partial charge in [0.15, 0.2) is 5.69 Å². The van der Waals surface area contributed by atoms with Crippen LogP contribution in [0.4, 0.5) is 15.8 Å². The van der Waals surface area contributed by atoms with Crippen LogP contribution in [0.1, 0.15) is 16.1 Å². The highest BCUT2D eigenvalue weighted by atomic mass is 19.1. The van der Waals surface area contributed by atoms with Crippen molar-refractivity contribution in [1.29, 1.82) is 0 Å². The number of anilines is 2. The molecule has 0 saturated carbocycles. The third-order valence-corrected chi connectivity index (χ3v) is 2.49. The van der Waals surface area contributed by atoms with Crippen LogP contribution in [0.3, 0.4) is 0 Å². The second-order valence-corrected chi connectivity index (χ2v) is 4.02. The molecule has 1 aromatic carbocycles. The molecule has 6 heteroatoms. The number of hydrogen-bond acceptors (Lipinski definition) is 3. The van der Waals surface area contributed by atoms with Crippen LogP contribution in [0.25, 0.3) is 0 Å². The maximum Gasteiger partial charge on any atom is 0.278 e. The first-order valence-corrected chi connectivity index (χ1v) is 5.34. The number of nitrogens with two attached hydrogens (primary N) is 1. The van der Waals surface area contributed by atoms with Gasteiger partial charge in [0.25, 0.3) is 5.91 Å². The fourth-order valence-electron chi connectivity index (χ4n) is 1.60. The van der Waals surface area contributed by atoms with Gasteiger partial charge < -0.3 is 11.1 Å². The highest BCUT2D eigenvalue weighted by Gasteiger charge is 2.14. The first-order chi connectivity index (χ1) is 8.47. The van der Waals surface area contributed by atoms with Crippen LogP contribution in [0, 0.1) is 12.7 Å². The minimum Gasteiger partial charge on any atom is -0.396 e. The Bertz CT molecular complexity index is 606. The Kier molecular flexibility index (Phi) is 3.01. The van der Waals surface area contributed by atoms with Gasteiger partial charge in [-0.05, 0) is 30.7 Å². The van der Waals surface area contributed by atoms with E-state index in [1.54, 1.807) is 26.2 Å². The molecule has 2 aromatic rings. The topological polar surface area (TPSA) is 72.9 Å². The second kappa shape index (κ2) is 4.48. The molecular formula is C12H13FN4O. The molecule has 1 heterocycles. The zero-order valence-electron chi connectivity index (χ0n) is 10.1. The summed E-state index contributed by atoms with van der Waals surface area (Å²) in [6, 6.07) is 4.33. The highest BCUT2D eigenvalue weighted by molar-refractivity contribution is 6.06. The predicted octanol–water partition coefficient (Wildman–Crippen LogP) is 1.70. The molecular weight excluding hydrogens is 235 g/mol. The Labute approximate surface area is 103 Å². The zero-order valence-corrected chi connectivity index (χ0v) is 10.1. The molecule has 1 aromatic heterocycles. The first-order valence-electron chi connectivity index (χ1n) is 5.34. The Hall–Kier alpha value is -2.37. The fraction of sp³-hybridized carbons (Fsp3) is 0.167. The van der Waals surface area contributed by atoms with Gasteiger partial charge in [0.2, 0.25) is 0 Å². The van der Waals surface area contributed by atoms with Gasteiger partial charge in [0, 0.05) is 18.9 Å². The van der Waals surface area contributed by atoms with Gasteiger partial charge >= 0.3 is 0 Å². The Morgan fingerprint density at radius 3 is 2.78 bits per heavy atom. The standard InChI is InChI=1S/C12H13FN4O/c1-7-5-8(3-4-9(7)13)15-12(18)11-10(14)6-17(2)16-11/h3-6H,14H2,1-2H3,(H,15,18). The Morgan fingerprint density at radius 1 is 1.50 bits per heavy atom. The third kappa shape index (κ3) is 2.32. The van der Waals surface area contributed by atoms with Crippen molar-refractivity contribution in [2.45, 2.75) is 6.92 Å². The summed E-state index contributed by atoms with van der Waals surface area (Å²) < 4.78 is 14.5. The van der Waals surface area contributed by atoms with E-state index < -0.39 is 5.91 Å². The summed E-state index contributed by atoms with van der Waals surface area (Å²) in [5.41, 5.74) is 7.06. The number of nitrogens with one attached hydrogen (secondary N) is 1. The van der Waals surface area contributed by atoms with E-state index in [0.29, 0.717) is 16.9 Å².